The van der Waals surface area contributed by atoms with E-state index in [1.807, 2.05) is 24.3 Å². The van der Waals surface area contributed by atoms with Crippen molar-refractivity contribution >= 4 is 15.9 Å². The third-order valence-electron chi connectivity index (χ3n) is 5.19. The molecule has 2 aliphatic rings. The Morgan fingerprint density at radius 3 is 2.58 bits per heavy atom. The molecule has 4 rings (SSSR count). The van der Waals surface area contributed by atoms with Crippen molar-refractivity contribution in [2.75, 3.05) is 6.54 Å². The molecule has 2 aliphatic carbocycles. The minimum absolute atomic E-state index is 0.604. The van der Waals surface area contributed by atoms with E-state index < -0.39 is 0 Å². The van der Waals surface area contributed by atoms with Crippen molar-refractivity contribution in [2.24, 2.45) is 5.92 Å². The molecular formula is C19H24BrN3O. The standard InChI is InChI=1S/C19H24BrN3O/c20-17-9-5-4-8-16(17)19-22-21-18(24-19)13-23(12-14-10-11-14)15-6-2-1-3-7-15/h4-5,8-9,14-15H,1-3,6-7,10-13H2. The molecule has 24 heavy (non-hydrogen) atoms. The summed E-state index contributed by atoms with van der Waals surface area (Å²) in [6.45, 7) is 1.98. The number of rotatable bonds is 6. The van der Waals surface area contributed by atoms with Crippen LogP contribution < -0.4 is 0 Å². The number of halogens is 1. The van der Waals surface area contributed by atoms with Crippen molar-refractivity contribution in [3.8, 4) is 11.5 Å². The van der Waals surface area contributed by atoms with Gasteiger partial charge in [0, 0.05) is 17.1 Å². The van der Waals surface area contributed by atoms with Gasteiger partial charge in [-0.15, -0.1) is 10.2 Å². The fourth-order valence-corrected chi connectivity index (χ4v) is 4.11. The molecule has 0 unspecified atom stereocenters. The average molecular weight is 390 g/mol. The van der Waals surface area contributed by atoms with Gasteiger partial charge in [-0.2, -0.15) is 0 Å². The molecule has 0 bridgehead atoms. The molecule has 2 aromatic rings. The van der Waals surface area contributed by atoms with Crippen molar-refractivity contribution in [1.82, 2.24) is 15.1 Å². The van der Waals surface area contributed by atoms with E-state index in [-0.39, 0.29) is 0 Å². The first kappa shape index (κ1) is 16.3. The first-order valence-corrected chi connectivity index (χ1v) is 9.90. The second-order valence-electron chi connectivity index (χ2n) is 7.15. The highest BCUT2D eigenvalue weighted by molar-refractivity contribution is 9.10. The summed E-state index contributed by atoms with van der Waals surface area (Å²) in [6, 6.07) is 8.68. The van der Waals surface area contributed by atoms with Gasteiger partial charge in [-0.05, 0) is 59.7 Å². The van der Waals surface area contributed by atoms with Crippen molar-refractivity contribution in [2.45, 2.75) is 57.5 Å². The number of benzene rings is 1. The van der Waals surface area contributed by atoms with Crippen LogP contribution in [0.3, 0.4) is 0 Å². The van der Waals surface area contributed by atoms with Gasteiger partial charge < -0.3 is 4.42 Å². The highest BCUT2D eigenvalue weighted by Gasteiger charge is 2.30. The minimum atomic E-state index is 0.604. The maximum Gasteiger partial charge on any atom is 0.248 e. The zero-order valence-electron chi connectivity index (χ0n) is 14.0. The van der Waals surface area contributed by atoms with Gasteiger partial charge in [0.1, 0.15) is 0 Å². The van der Waals surface area contributed by atoms with Gasteiger partial charge >= 0.3 is 0 Å². The molecule has 1 aromatic heterocycles. The van der Waals surface area contributed by atoms with Crippen LogP contribution in [0.4, 0.5) is 0 Å². The molecule has 2 fully saturated rings. The van der Waals surface area contributed by atoms with Gasteiger partial charge in [0.2, 0.25) is 11.8 Å². The summed E-state index contributed by atoms with van der Waals surface area (Å²) in [5, 5.41) is 8.58. The van der Waals surface area contributed by atoms with Gasteiger partial charge in [-0.25, -0.2) is 0 Å². The maximum absolute atomic E-state index is 5.98. The van der Waals surface area contributed by atoms with Crippen LogP contribution in [0.5, 0.6) is 0 Å². The Labute approximate surface area is 151 Å². The lowest BCUT2D eigenvalue weighted by molar-refractivity contribution is 0.130. The number of nitrogens with zero attached hydrogens (tertiary/aromatic N) is 3. The largest absolute Gasteiger partial charge is 0.419 e. The van der Waals surface area contributed by atoms with Crippen molar-refractivity contribution < 1.29 is 4.42 Å². The van der Waals surface area contributed by atoms with Gasteiger partial charge in [-0.3, -0.25) is 4.90 Å². The molecular weight excluding hydrogens is 366 g/mol. The molecule has 0 amide bonds. The first-order chi connectivity index (χ1) is 11.8. The molecule has 1 aromatic carbocycles. The second-order valence-corrected chi connectivity index (χ2v) is 8.00. The van der Waals surface area contributed by atoms with Crippen LogP contribution >= 0.6 is 15.9 Å². The first-order valence-electron chi connectivity index (χ1n) is 9.11. The zero-order chi connectivity index (χ0) is 16.4. The Kier molecular flexibility index (Phi) is 4.99. The minimum Gasteiger partial charge on any atom is -0.419 e. The molecule has 128 valence electrons. The lowest BCUT2D eigenvalue weighted by Gasteiger charge is -2.33. The quantitative estimate of drug-likeness (QED) is 0.693. The summed E-state index contributed by atoms with van der Waals surface area (Å²) in [5.41, 5.74) is 0.961. The van der Waals surface area contributed by atoms with Crippen LogP contribution in [0.15, 0.2) is 33.2 Å². The van der Waals surface area contributed by atoms with Crippen molar-refractivity contribution in [1.29, 1.82) is 0 Å². The molecule has 0 saturated heterocycles. The van der Waals surface area contributed by atoms with Crippen LogP contribution in [-0.4, -0.2) is 27.7 Å². The predicted octanol–water partition coefficient (Wildman–Crippen LogP) is 5.04. The fraction of sp³-hybridized carbons (Fsp3) is 0.579. The second kappa shape index (κ2) is 7.36. The highest BCUT2D eigenvalue weighted by Crippen LogP contribution is 2.33. The lowest BCUT2D eigenvalue weighted by atomic mass is 9.94. The summed E-state index contributed by atoms with van der Waals surface area (Å²) in [7, 11) is 0. The third kappa shape index (κ3) is 3.89. The molecule has 4 nitrogen and oxygen atoms in total. The van der Waals surface area contributed by atoms with Crippen LogP contribution in [-0.2, 0) is 6.54 Å². The Hall–Kier alpha value is -1.20. The maximum atomic E-state index is 5.98. The van der Waals surface area contributed by atoms with Gasteiger partial charge in [0.05, 0.1) is 12.1 Å². The number of aromatic nitrogens is 2. The van der Waals surface area contributed by atoms with E-state index >= 15 is 0 Å². The molecule has 5 heteroatoms. The molecule has 0 spiro atoms. The van der Waals surface area contributed by atoms with Gasteiger partial charge in [-0.1, -0.05) is 31.4 Å². The SMILES string of the molecule is Brc1ccccc1-c1nnc(CN(CC2CC2)C2CCCCC2)o1. The average Bonchev–Trinajstić information content (AvgIpc) is 3.31. The molecule has 1 heterocycles. The zero-order valence-corrected chi connectivity index (χ0v) is 15.5. The van der Waals surface area contributed by atoms with E-state index in [4.69, 9.17) is 4.42 Å². The van der Waals surface area contributed by atoms with Gasteiger partial charge in [0.25, 0.3) is 0 Å². The fourth-order valence-electron chi connectivity index (χ4n) is 3.66. The van der Waals surface area contributed by atoms with Crippen LogP contribution in [0.25, 0.3) is 11.5 Å². The molecule has 0 radical (unpaired) electrons. The summed E-state index contributed by atoms with van der Waals surface area (Å²) >= 11 is 3.56. The van der Waals surface area contributed by atoms with Crippen LogP contribution in [0.1, 0.15) is 50.8 Å². The Balaban J connectivity index is 1.49. The number of hydrogen-bond acceptors (Lipinski definition) is 4. The van der Waals surface area contributed by atoms with Crippen molar-refractivity contribution in [3.63, 3.8) is 0 Å². The number of hydrogen-bond donors (Lipinski definition) is 0. The highest BCUT2D eigenvalue weighted by atomic mass is 79.9. The Morgan fingerprint density at radius 2 is 1.83 bits per heavy atom. The monoisotopic (exact) mass is 389 g/mol. The Bertz CT molecular complexity index is 677. The van der Waals surface area contributed by atoms with Crippen LogP contribution in [0.2, 0.25) is 0 Å². The normalized spacial score (nSPS) is 19.1. The topological polar surface area (TPSA) is 42.2 Å². The smallest absolute Gasteiger partial charge is 0.248 e. The van der Waals surface area contributed by atoms with E-state index in [0.717, 1.165) is 28.4 Å². The van der Waals surface area contributed by atoms with E-state index in [2.05, 4.69) is 31.0 Å². The van der Waals surface area contributed by atoms with E-state index in [0.29, 0.717) is 11.9 Å². The summed E-state index contributed by atoms with van der Waals surface area (Å²) in [6.07, 6.45) is 9.51. The molecule has 0 N–H and O–H groups in total. The summed E-state index contributed by atoms with van der Waals surface area (Å²) < 4.78 is 6.97. The summed E-state index contributed by atoms with van der Waals surface area (Å²) in [4.78, 5) is 2.61. The van der Waals surface area contributed by atoms with Crippen molar-refractivity contribution in [3.05, 3.63) is 34.6 Å². The van der Waals surface area contributed by atoms with Crippen LogP contribution in [0, 0.1) is 5.92 Å². The predicted molar refractivity (Wildman–Crippen MR) is 97.4 cm³/mol. The van der Waals surface area contributed by atoms with Gasteiger partial charge in [0.15, 0.2) is 0 Å². The molecule has 0 aliphatic heterocycles. The van der Waals surface area contributed by atoms with E-state index in [1.165, 1.54) is 51.5 Å². The molecule has 2 saturated carbocycles. The molecule has 0 atom stereocenters. The third-order valence-corrected chi connectivity index (χ3v) is 5.88. The van der Waals surface area contributed by atoms with E-state index in [1.54, 1.807) is 0 Å². The van der Waals surface area contributed by atoms with E-state index in [9.17, 15) is 0 Å². The summed E-state index contributed by atoms with van der Waals surface area (Å²) in [5.74, 6) is 2.23. The lowest BCUT2D eigenvalue weighted by Crippen LogP contribution is -2.37. The Morgan fingerprint density at radius 1 is 1.04 bits per heavy atom.